The summed E-state index contributed by atoms with van der Waals surface area (Å²) >= 11 is 1.46. The standard InChI is InChI=1S/C11H9N3S/c1-7-4-11(13)14-6-9(7)10-3-2-8(5-12)15-10/h2-4,6H,1H3,(H2,13,14). The fourth-order valence-electron chi connectivity index (χ4n) is 1.38. The highest BCUT2D eigenvalue weighted by Gasteiger charge is 2.06. The van der Waals surface area contributed by atoms with Gasteiger partial charge in [0, 0.05) is 16.6 Å². The summed E-state index contributed by atoms with van der Waals surface area (Å²) in [5, 5.41) is 8.74. The Balaban J connectivity index is 2.50. The molecule has 2 heterocycles. The van der Waals surface area contributed by atoms with Crippen LogP contribution >= 0.6 is 11.3 Å². The molecule has 3 nitrogen and oxygen atoms in total. The number of nitrogens with zero attached hydrogens (tertiary/aromatic N) is 2. The zero-order valence-electron chi connectivity index (χ0n) is 8.19. The van der Waals surface area contributed by atoms with E-state index in [-0.39, 0.29) is 0 Å². The SMILES string of the molecule is Cc1cc(N)ncc1-c1ccc(C#N)s1. The van der Waals surface area contributed by atoms with Gasteiger partial charge in [0.05, 0.1) is 0 Å². The molecule has 0 saturated carbocycles. The molecule has 0 aromatic carbocycles. The summed E-state index contributed by atoms with van der Waals surface area (Å²) in [6, 6.07) is 7.71. The predicted molar refractivity (Wildman–Crippen MR) is 61.4 cm³/mol. The molecule has 0 aliphatic rings. The van der Waals surface area contributed by atoms with Crippen LogP contribution in [0.15, 0.2) is 24.4 Å². The van der Waals surface area contributed by atoms with Crippen LogP contribution in [-0.4, -0.2) is 4.98 Å². The third kappa shape index (κ3) is 1.83. The van der Waals surface area contributed by atoms with Crippen molar-refractivity contribution in [3.8, 4) is 16.5 Å². The van der Waals surface area contributed by atoms with E-state index in [9.17, 15) is 0 Å². The van der Waals surface area contributed by atoms with E-state index < -0.39 is 0 Å². The van der Waals surface area contributed by atoms with E-state index in [2.05, 4.69) is 11.1 Å². The molecule has 2 rings (SSSR count). The Hall–Kier alpha value is -1.86. The van der Waals surface area contributed by atoms with Gasteiger partial charge in [0.25, 0.3) is 0 Å². The summed E-state index contributed by atoms with van der Waals surface area (Å²) in [6.07, 6.45) is 1.75. The monoisotopic (exact) mass is 215 g/mol. The topological polar surface area (TPSA) is 62.7 Å². The Morgan fingerprint density at radius 1 is 1.47 bits per heavy atom. The van der Waals surface area contributed by atoms with Crippen LogP contribution in [0, 0.1) is 18.3 Å². The van der Waals surface area contributed by atoms with E-state index in [4.69, 9.17) is 11.0 Å². The lowest BCUT2D eigenvalue weighted by Crippen LogP contribution is -1.91. The van der Waals surface area contributed by atoms with E-state index >= 15 is 0 Å². The van der Waals surface area contributed by atoms with Crippen LogP contribution in [0.3, 0.4) is 0 Å². The summed E-state index contributed by atoms with van der Waals surface area (Å²) in [5.41, 5.74) is 7.69. The van der Waals surface area contributed by atoms with Crippen LogP contribution in [0.25, 0.3) is 10.4 Å². The number of pyridine rings is 1. The molecule has 0 unspecified atom stereocenters. The molecule has 4 heteroatoms. The van der Waals surface area contributed by atoms with Gasteiger partial charge in [-0.2, -0.15) is 5.26 Å². The van der Waals surface area contributed by atoms with Gasteiger partial charge in [-0.15, -0.1) is 11.3 Å². The highest BCUT2D eigenvalue weighted by atomic mass is 32.1. The molecule has 15 heavy (non-hydrogen) atoms. The molecule has 74 valence electrons. The molecule has 2 N–H and O–H groups in total. The number of nitrogens with two attached hydrogens (primary N) is 1. The smallest absolute Gasteiger partial charge is 0.123 e. The number of aryl methyl sites for hydroxylation is 1. The highest BCUT2D eigenvalue weighted by Crippen LogP contribution is 2.30. The van der Waals surface area contributed by atoms with Gasteiger partial charge in [0.1, 0.15) is 16.8 Å². The molecule has 0 fully saturated rings. The second kappa shape index (κ2) is 3.71. The zero-order valence-corrected chi connectivity index (χ0v) is 9.01. The Morgan fingerprint density at radius 2 is 2.27 bits per heavy atom. The number of rotatable bonds is 1. The molecule has 0 aliphatic carbocycles. The maximum Gasteiger partial charge on any atom is 0.123 e. The van der Waals surface area contributed by atoms with Crippen LogP contribution in [0.5, 0.6) is 0 Å². The van der Waals surface area contributed by atoms with E-state index in [0.29, 0.717) is 10.7 Å². The minimum atomic E-state index is 0.522. The van der Waals surface area contributed by atoms with Crippen molar-refractivity contribution in [2.24, 2.45) is 0 Å². The Morgan fingerprint density at radius 3 is 2.87 bits per heavy atom. The molecule has 0 atom stereocenters. The van der Waals surface area contributed by atoms with Crippen molar-refractivity contribution < 1.29 is 0 Å². The summed E-state index contributed by atoms with van der Waals surface area (Å²) in [5.74, 6) is 0.522. The first kappa shape index (κ1) is 9.69. The van der Waals surface area contributed by atoms with Gasteiger partial charge in [0.2, 0.25) is 0 Å². The quantitative estimate of drug-likeness (QED) is 0.795. The van der Waals surface area contributed by atoms with Crippen molar-refractivity contribution in [3.63, 3.8) is 0 Å². The Kier molecular flexibility index (Phi) is 2.40. The number of nitrogen functional groups attached to an aromatic ring is 1. The van der Waals surface area contributed by atoms with Crippen LogP contribution < -0.4 is 5.73 Å². The van der Waals surface area contributed by atoms with Crippen LogP contribution in [-0.2, 0) is 0 Å². The average molecular weight is 215 g/mol. The fourth-order valence-corrected chi connectivity index (χ4v) is 2.26. The van der Waals surface area contributed by atoms with Crippen molar-refractivity contribution >= 4 is 17.2 Å². The molecule has 2 aromatic heterocycles. The fraction of sp³-hybridized carbons (Fsp3) is 0.0909. The van der Waals surface area contributed by atoms with Crippen molar-refractivity contribution in [1.82, 2.24) is 4.98 Å². The van der Waals surface area contributed by atoms with E-state index in [1.165, 1.54) is 11.3 Å². The van der Waals surface area contributed by atoms with Crippen molar-refractivity contribution in [3.05, 3.63) is 34.8 Å². The summed E-state index contributed by atoms with van der Waals surface area (Å²) in [6.45, 7) is 1.99. The number of thiophene rings is 1. The first-order valence-electron chi connectivity index (χ1n) is 4.43. The normalized spacial score (nSPS) is 9.87. The number of hydrogen-bond acceptors (Lipinski definition) is 4. The molecule has 0 spiro atoms. The maximum absolute atomic E-state index is 8.74. The number of hydrogen-bond donors (Lipinski definition) is 1. The third-order valence-electron chi connectivity index (χ3n) is 2.11. The second-order valence-corrected chi connectivity index (χ2v) is 4.28. The number of anilines is 1. The van der Waals surface area contributed by atoms with Crippen LogP contribution in [0.2, 0.25) is 0 Å². The van der Waals surface area contributed by atoms with Crippen molar-refractivity contribution in [2.75, 3.05) is 5.73 Å². The summed E-state index contributed by atoms with van der Waals surface area (Å²) in [7, 11) is 0. The third-order valence-corrected chi connectivity index (χ3v) is 3.14. The number of aromatic nitrogens is 1. The van der Waals surface area contributed by atoms with Crippen LogP contribution in [0.4, 0.5) is 5.82 Å². The van der Waals surface area contributed by atoms with Crippen molar-refractivity contribution in [1.29, 1.82) is 5.26 Å². The second-order valence-electron chi connectivity index (χ2n) is 3.20. The van der Waals surface area contributed by atoms with Gasteiger partial charge in [-0.3, -0.25) is 0 Å². The minimum absolute atomic E-state index is 0.522. The average Bonchev–Trinajstić information content (AvgIpc) is 2.66. The van der Waals surface area contributed by atoms with Crippen LogP contribution in [0.1, 0.15) is 10.4 Å². The summed E-state index contributed by atoms with van der Waals surface area (Å²) < 4.78 is 0. The zero-order chi connectivity index (χ0) is 10.8. The highest BCUT2D eigenvalue weighted by molar-refractivity contribution is 7.16. The van der Waals surface area contributed by atoms with Gasteiger partial charge in [-0.25, -0.2) is 4.98 Å². The van der Waals surface area contributed by atoms with Gasteiger partial charge in [-0.1, -0.05) is 0 Å². The van der Waals surface area contributed by atoms with Gasteiger partial charge in [-0.05, 0) is 30.7 Å². The van der Waals surface area contributed by atoms with Crippen molar-refractivity contribution in [2.45, 2.75) is 6.92 Å². The lowest BCUT2D eigenvalue weighted by atomic mass is 10.1. The molecule has 0 bridgehead atoms. The first-order valence-corrected chi connectivity index (χ1v) is 5.25. The van der Waals surface area contributed by atoms with Gasteiger partial charge >= 0.3 is 0 Å². The summed E-state index contributed by atoms with van der Waals surface area (Å²) in [4.78, 5) is 5.81. The first-order chi connectivity index (χ1) is 7.20. The predicted octanol–water partition coefficient (Wildman–Crippen LogP) is 2.57. The molecular formula is C11H9N3S. The van der Waals surface area contributed by atoms with Gasteiger partial charge < -0.3 is 5.73 Å². The molecule has 0 radical (unpaired) electrons. The molecule has 2 aromatic rings. The lowest BCUT2D eigenvalue weighted by molar-refractivity contribution is 1.30. The number of nitriles is 1. The molecule has 0 amide bonds. The maximum atomic E-state index is 8.74. The molecule has 0 aliphatic heterocycles. The van der Waals surface area contributed by atoms with Gasteiger partial charge in [0.15, 0.2) is 0 Å². The molecular weight excluding hydrogens is 206 g/mol. The minimum Gasteiger partial charge on any atom is -0.384 e. The molecule has 0 saturated heterocycles. The van der Waals surface area contributed by atoms with E-state index in [1.807, 2.05) is 25.1 Å². The van der Waals surface area contributed by atoms with E-state index in [1.54, 1.807) is 6.20 Å². The lowest BCUT2D eigenvalue weighted by Gasteiger charge is -2.02. The Bertz CT molecular complexity index is 537. The van der Waals surface area contributed by atoms with E-state index in [0.717, 1.165) is 16.0 Å². The largest absolute Gasteiger partial charge is 0.384 e. The Labute approximate surface area is 91.8 Å².